The third kappa shape index (κ3) is 4.17. The van der Waals surface area contributed by atoms with E-state index < -0.39 is 11.5 Å². The second-order valence-electron chi connectivity index (χ2n) is 7.39. The summed E-state index contributed by atoms with van der Waals surface area (Å²) in [5.74, 6) is 5.81. The number of amides is 2. The molecule has 3 aromatic rings. The fourth-order valence-corrected chi connectivity index (χ4v) is 3.25. The van der Waals surface area contributed by atoms with Crippen LogP contribution in [0.3, 0.4) is 0 Å². The molecule has 4 rings (SSSR count). The van der Waals surface area contributed by atoms with Crippen molar-refractivity contribution in [2.45, 2.75) is 12.0 Å². The first kappa shape index (κ1) is 19.6. The Morgan fingerprint density at radius 2 is 2.07 bits per heavy atom. The number of pyridine rings is 1. The number of carbonyl (C=O) groups excluding carboxylic acids is 2. The molecule has 1 aliphatic rings. The SMILES string of the molecule is CN(C=O)CCC1(C#Cc2cccc(-c3cc4ccccc4c(C(N)=O)n3)c2)CO1. The zero-order valence-electron chi connectivity index (χ0n) is 16.6. The molecule has 150 valence electrons. The molecule has 2 heterocycles. The number of nitrogens with two attached hydrogens (primary N) is 1. The van der Waals surface area contributed by atoms with Crippen LogP contribution in [0.1, 0.15) is 22.5 Å². The summed E-state index contributed by atoms with van der Waals surface area (Å²) >= 11 is 0. The van der Waals surface area contributed by atoms with Gasteiger partial charge in [0.1, 0.15) is 5.69 Å². The van der Waals surface area contributed by atoms with Gasteiger partial charge in [-0.2, -0.15) is 0 Å². The largest absolute Gasteiger partial charge is 0.364 e. The van der Waals surface area contributed by atoms with E-state index in [1.54, 1.807) is 11.9 Å². The lowest BCUT2D eigenvalue weighted by molar-refractivity contribution is -0.117. The Kier molecular flexibility index (Phi) is 5.21. The summed E-state index contributed by atoms with van der Waals surface area (Å²) < 4.78 is 5.54. The first-order chi connectivity index (χ1) is 14.5. The van der Waals surface area contributed by atoms with Crippen LogP contribution in [0.25, 0.3) is 22.0 Å². The maximum Gasteiger partial charge on any atom is 0.267 e. The Morgan fingerprint density at radius 1 is 1.27 bits per heavy atom. The van der Waals surface area contributed by atoms with Crippen LogP contribution in [-0.2, 0) is 9.53 Å². The Balaban J connectivity index is 1.64. The quantitative estimate of drug-likeness (QED) is 0.392. The van der Waals surface area contributed by atoms with Crippen LogP contribution < -0.4 is 5.73 Å². The van der Waals surface area contributed by atoms with Crippen molar-refractivity contribution in [1.82, 2.24) is 9.88 Å². The van der Waals surface area contributed by atoms with Gasteiger partial charge >= 0.3 is 0 Å². The molecule has 2 aromatic carbocycles. The zero-order chi connectivity index (χ0) is 21.1. The van der Waals surface area contributed by atoms with E-state index in [9.17, 15) is 9.59 Å². The van der Waals surface area contributed by atoms with Crippen LogP contribution in [0, 0.1) is 11.8 Å². The number of epoxide rings is 1. The fourth-order valence-electron chi connectivity index (χ4n) is 3.25. The lowest BCUT2D eigenvalue weighted by atomic mass is 10.0. The van der Waals surface area contributed by atoms with Gasteiger partial charge in [0.15, 0.2) is 5.60 Å². The molecule has 1 atom stereocenters. The van der Waals surface area contributed by atoms with Gasteiger partial charge in [0, 0.05) is 36.5 Å². The highest BCUT2D eigenvalue weighted by Gasteiger charge is 2.42. The van der Waals surface area contributed by atoms with Crippen LogP contribution in [0.15, 0.2) is 54.6 Å². The molecule has 2 N–H and O–H groups in total. The molecule has 1 saturated heterocycles. The van der Waals surface area contributed by atoms with E-state index >= 15 is 0 Å². The van der Waals surface area contributed by atoms with Gasteiger partial charge in [-0.3, -0.25) is 9.59 Å². The Hall–Kier alpha value is -3.69. The van der Waals surface area contributed by atoms with E-state index in [2.05, 4.69) is 16.8 Å². The number of fused-ring (bicyclic) bond motifs is 1. The van der Waals surface area contributed by atoms with Crippen LogP contribution in [-0.4, -0.2) is 48.0 Å². The number of carbonyl (C=O) groups is 2. The number of hydrogen-bond acceptors (Lipinski definition) is 4. The molecule has 1 aromatic heterocycles. The average molecular weight is 399 g/mol. The molecular formula is C24H21N3O3. The van der Waals surface area contributed by atoms with E-state index in [1.165, 1.54) is 0 Å². The van der Waals surface area contributed by atoms with E-state index in [4.69, 9.17) is 10.5 Å². The average Bonchev–Trinajstić information content (AvgIpc) is 3.55. The molecular weight excluding hydrogens is 378 g/mol. The molecule has 0 spiro atoms. The lowest BCUT2D eigenvalue weighted by Gasteiger charge is -2.11. The summed E-state index contributed by atoms with van der Waals surface area (Å²) in [5.41, 5.74) is 7.66. The van der Waals surface area contributed by atoms with Gasteiger partial charge in [0.05, 0.1) is 12.3 Å². The summed E-state index contributed by atoms with van der Waals surface area (Å²) in [6, 6.07) is 17.2. The Bertz CT molecular complexity index is 1190. The third-order valence-corrected chi connectivity index (χ3v) is 5.11. The summed E-state index contributed by atoms with van der Waals surface area (Å²) in [6.07, 6.45) is 1.47. The van der Waals surface area contributed by atoms with E-state index in [-0.39, 0.29) is 5.69 Å². The van der Waals surface area contributed by atoms with Crippen molar-refractivity contribution in [3.8, 4) is 23.1 Å². The molecule has 6 nitrogen and oxygen atoms in total. The van der Waals surface area contributed by atoms with E-state index in [0.717, 1.165) is 28.3 Å². The maximum absolute atomic E-state index is 11.9. The van der Waals surface area contributed by atoms with Crippen LogP contribution in [0.4, 0.5) is 0 Å². The van der Waals surface area contributed by atoms with Gasteiger partial charge in [-0.1, -0.05) is 48.2 Å². The third-order valence-electron chi connectivity index (χ3n) is 5.11. The van der Waals surface area contributed by atoms with Gasteiger partial charge < -0.3 is 15.4 Å². The van der Waals surface area contributed by atoms with Gasteiger partial charge in [-0.05, 0) is 23.6 Å². The highest BCUT2D eigenvalue weighted by atomic mass is 16.6. The van der Waals surface area contributed by atoms with Crippen LogP contribution >= 0.6 is 0 Å². The molecule has 0 radical (unpaired) electrons. The first-order valence-electron chi connectivity index (χ1n) is 9.62. The highest BCUT2D eigenvalue weighted by molar-refractivity contribution is 6.05. The molecule has 30 heavy (non-hydrogen) atoms. The second kappa shape index (κ2) is 7.97. The van der Waals surface area contributed by atoms with E-state index in [1.807, 2.05) is 54.6 Å². The van der Waals surface area contributed by atoms with Crippen molar-refractivity contribution in [3.63, 3.8) is 0 Å². The standard InChI is InChI=1S/C24H21N3O3/c1-27(16-28)12-11-24(15-30-24)10-9-17-5-4-7-19(13-17)21-14-18-6-2-3-8-20(18)22(26-21)23(25)29/h2-8,13-14,16H,11-12,15H2,1H3,(H2,25,29). The minimum absolute atomic E-state index is 0.254. The van der Waals surface area contributed by atoms with E-state index in [0.29, 0.717) is 25.3 Å². The predicted molar refractivity (Wildman–Crippen MR) is 115 cm³/mol. The Morgan fingerprint density at radius 3 is 2.80 bits per heavy atom. The zero-order valence-corrected chi connectivity index (χ0v) is 16.6. The van der Waals surface area contributed by atoms with Crippen molar-refractivity contribution in [2.24, 2.45) is 5.73 Å². The number of primary amides is 1. The predicted octanol–water partition coefficient (Wildman–Crippen LogP) is 2.60. The lowest BCUT2D eigenvalue weighted by Crippen LogP contribution is -2.22. The monoisotopic (exact) mass is 399 g/mol. The van der Waals surface area contributed by atoms with Crippen LogP contribution in [0.2, 0.25) is 0 Å². The molecule has 0 aliphatic carbocycles. The minimum atomic E-state index is -0.558. The molecule has 2 amide bonds. The summed E-state index contributed by atoms with van der Waals surface area (Å²) in [5, 5.41) is 1.63. The highest BCUT2D eigenvalue weighted by Crippen LogP contribution is 2.30. The first-order valence-corrected chi connectivity index (χ1v) is 9.62. The van der Waals surface area contributed by atoms with Gasteiger partial charge in [0.2, 0.25) is 6.41 Å². The van der Waals surface area contributed by atoms with Gasteiger partial charge in [-0.15, -0.1) is 0 Å². The molecule has 6 heteroatoms. The topological polar surface area (TPSA) is 88.8 Å². The van der Waals surface area contributed by atoms with Crippen LogP contribution in [0.5, 0.6) is 0 Å². The van der Waals surface area contributed by atoms with Crippen molar-refractivity contribution in [3.05, 3.63) is 65.9 Å². The number of hydrogen-bond donors (Lipinski definition) is 1. The number of ether oxygens (including phenoxy) is 1. The smallest absolute Gasteiger partial charge is 0.267 e. The van der Waals surface area contributed by atoms with Crippen molar-refractivity contribution < 1.29 is 14.3 Å². The number of nitrogens with zero attached hydrogens (tertiary/aromatic N) is 2. The summed E-state index contributed by atoms with van der Waals surface area (Å²) in [6.45, 7) is 1.16. The number of aromatic nitrogens is 1. The molecule has 1 unspecified atom stereocenters. The summed E-state index contributed by atoms with van der Waals surface area (Å²) in [7, 11) is 1.73. The second-order valence-corrected chi connectivity index (χ2v) is 7.39. The van der Waals surface area contributed by atoms with Crippen molar-refractivity contribution in [2.75, 3.05) is 20.2 Å². The number of rotatable bonds is 6. The molecule has 1 fully saturated rings. The molecule has 1 aliphatic heterocycles. The Labute approximate surface area is 174 Å². The van der Waals surface area contributed by atoms with Gasteiger partial charge in [0.25, 0.3) is 5.91 Å². The number of benzene rings is 2. The van der Waals surface area contributed by atoms with Crippen molar-refractivity contribution >= 4 is 23.1 Å². The fraction of sp³-hybridized carbons (Fsp3) is 0.208. The van der Waals surface area contributed by atoms with Gasteiger partial charge in [-0.25, -0.2) is 4.98 Å². The summed E-state index contributed by atoms with van der Waals surface area (Å²) in [4.78, 5) is 28.8. The maximum atomic E-state index is 11.9. The molecule has 0 saturated carbocycles. The minimum Gasteiger partial charge on any atom is -0.364 e. The normalized spacial score (nSPS) is 17.1. The van der Waals surface area contributed by atoms with Crippen molar-refractivity contribution in [1.29, 1.82) is 0 Å². The molecule has 0 bridgehead atoms.